The van der Waals surface area contributed by atoms with Crippen LogP contribution in [0.2, 0.25) is 0 Å². The van der Waals surface area contributed by atoms with Gasteiger partial charge in [0.05, 0.1) is 4.70 Å². The first-order valence-electron chi connectivity index (χ1n) is 10.0. The van der Waals surface area contributed by atoms with Gasteiger partial charge in [0, 0.05) is 48.3 Å². The number of pyridine rings is 1. The molecule has 1 unspecified atom stereocenters. The molecule has 3 N–H and O–H groups in total. The van der Waals surface area contributed by atoms with E-state index in [9.17, 15) is 0 Å². The Balaban J connectivity index is 1.49. The highest BCUT2D eigenvalue weighted by Gasteiger charge is 2.16. The number of aromatic nitrogens is 5. The van der Waals surface area contributed by atoms with Crippen LogP contribution in [0, 0.1) is 0 Å². The third kappa shape index (κ3) is 4.16. The first-order valence-corrected chi connectivity index (χ1v) is 10.9. The predicted octanol–water partition coefficient (Wildman–Crippen LogP) is 3.92. The van der Waals surface area contributed by atoms with Crippen LogP contribution in [-0.4, -0.2) is 37.3 Å². The van der Waals surface area contributed by atoms with Crippen molar-refractivity contribution < 1.29 is 0 Å². The maximum absolute atomic E-state index is 6.40. The first kappa shape index (κ1) is 19.3. The number of rotatable bonds is 7. The van der Waals surface area contributed by atoms with Crippen molar-refractivity contribution in [1.82, 2.24) is 24.7 Å². The second-order valence-electron chi connectivity index (χ2n) is 7.21. The Morgan fingerprint density at radius 3 is 2.61 bits per heavy atom. The average molecular weight is 428 g/mol. The standard InChI is InChI=1S/C23H21N7S/c24-18(13-16-5-2-1-3-6-16)14-26-23-21-20(19(15-31-21)30-12-4-9-27-30)28-22(29-23)17-7-10-25-11-8-17/h1-12,15,18H,13-14,24H2,(H,26,28,29). The lowest BCUT2D eigenvalue weighted by atomic mass is 10.1. The number of anilines is 1. The lowest BCUT2D eigenvalue weighted by Gasteiger charge is -2.14. The number of hydrogen-bond donors (Lipinski definition) is 2. The van der Waals surface area contributed by atoms with Crippen LogP contribution in [0.25, 0.3) is 27.3 Å². The third-order valence-corrected chi connectivity index (χ3v) is 5.92. The zero-order valence-corrected chi connectivity index (χ0v) is 17.5. The molecule has 0 saturated carbocycles. The third-order valence-electron chi connectivity index (χ3n) is 4.96. The van der Waals surface area contributed by atoms with Crippen LogP contribution < -0.4 is 11.1 Å². The van der Waals surface area contributed by atoms with E-state index in [1.165, 1.54) is 5.56 Å². The largest absolute Gasteiger partial charge is 0.367 e. The zero-order valence-electron chi connectivity index (χ0n) is 16.7. The molecule has 7 nitrogen and oxygen atoms in total. The Hall–Kier alpha value is -3.62. The van der Waals surface area contributed by atoms with E-state index in [0.29, 0.717) is 12.4 Å². The van der Waals surface area contributed by atoms with Crippen molar-refractivity contribution in [1.29, 1.82) is 0 Å². The molecule has 4 aromatic heterocycles. The minimum atomic E-state index is -0.0395. The van der Waals surface area contributed by atoms with E-state index in [0.717, 1.165) is 33.7 Å². The van der Waals surface area contributed by atoms with Crippen molar-refractivity contribution in [3.63, 3.8) is 0 Å². The fourth-order valence-corrected chi connectivity index (χ4v) is 4.39. The summed E-state index contributed by atoms with van der Waals surface area (Å²) in [7, 11) is 0. The fourth-order valence-electron chi connectivity index (χ4n) is 3.45. The van der Waals surface area contributed by atoms with Crippen LogP contribution in [0.3, 0.4) is 0 Å². The molecule has 5 aromatic rings. The summed E-state index contributed by atoms with van der Waals surface area (Å²) in [6, 6.07) is 16.0. The lowest BCUT2D eigenvalue weighted by Crippen LogP contribution is -2.31. The molecule has 0 saturated heterocycles. The molecule has 0 fully saturated rings. The van der Waals surface area contributed by atoms with E-state index in [1.807, 2.05) is 47.3 Å². The van der Waals surface area contributed by atoms with Gasteiger partial charge in [-0.1, -0.05) is 30.3 Å². The molecular weight excluding hydrogens is 406 g/mol. The molecule has 4 heterocycles. The number of nitrogens with one attached hydrogen (secondary N) is 1. The van der Waals surface area contributed by atoms with Crippen LogP contribution in [0.1, 0.15) is 5.56 Å². The fraction of sp³-hybridized carbons (Fsp3) is 0.130. The normalized spacial score (nSPS) is 12.2. The van der Waals surface area contributed by atoms with E-state index >= 15 is 0 Å². The topological polar surface area (TPSA) is 94.5 Å². The van der Waals surface area contributed by atoms with Crippen molar-refractivity contribution in [2.75, 3.05) is 11.9 Å². The van der Waals surface area contributed by atoms with Gasteiger partial charge in [0.25, 0.3) is 0 Å². The van der Waals surface area contributed by atoms with Crippen molar-refractivity contribution in [2.24, 2.45) is 5.73 Å². The van der Waals surface area contributed by atoms with Crippen LogP contribution >= 0.6 is 11.3 Å². The summed E-state index contributed by atoms with van der Waals surface area (Å²) in [6.07, 6.45) is 7.96. The number of thiophene rings is 1. The van der Waals surface area contributed by atoms with Crippen molar-refractivity contribution in [3.05, 3.63) is 84.3 Å². The molecule has 154 valence electrons. The van der Waals surface area contributed by atoms with E-state index < -0.39 is 0 Å². The molecular formula is C23H21N7S. The molecule has 1 atom stereocenters. The summed E-state index contributed by atoms with van der Waals surface area (Å²) in [5.74, 6) is 1.42. The second-order valence-corrected chi connectivity index (χ2v) is 8.09. The van der Waals surface area contributed by atoms with Gasteiger partial charge in [0.15, 0.2) is 5.82 Å². The molecule has 1 aromatic carbocycles. The Kier molecular flexibility index (Phi) is 5.39. The van der Waals surface area contributed by atoms with Gasteiger partial charge in [0.1, 0.15) is 17.0 Å². The second kappa shape index (κ2) is 8.63. The SMILES string of the molecule is NC(CNc1nc(-c2ccncc2)nc2c(-n3cccn3)csc12)Cc1ccccc1. The maximum Gasteiger partial charge on any atom is 0.162 e. The predicted molar refractivity (Wildman–Crippen MR) is 124 cm³/mol. The molecule has 8 heteroatoms. The van der Waals surface area contributed by atoms with Gasteiger partial charge in [-0.3, -0.25) is 4.98 Å². The summed E-state index contributed by atoms with van der Waals surface area (Å²) in [5.41, 5.74) is 10.3. The molecule has 31 heavy (non-hydrogen) atoms. The number of nitrogens with zero attached hydrogens (tertiary/aromatic N) is 5. The molecule has 0 bridgehead atoms. The Bertz CT molecular complexity index is 1270. The molecule has 0 spiro atoms. The van der Waals surface area contributed by atoms with Crippen molar-refractivity contribution in [3.8, 4) is 17.1 Å². The average Bonchev–Trinajstić information content (AvgIpc) is 3.48. The highest BCUT2D eigenvalue weighted by Crippen LogP contribution is 2.33. The number of fused-ring (bicyclic) bond motifs is 1. The summed E-state index contributed by atoms with van der Waals surface area (Å²) in [6.45, 7) is 0.603. The van der Waals surface area contributed by atoms with Gasteiger partial charge in [-0.15, -0.1) is 11.3 Å². The number of nitrogens with two attached hydrogens (primary N) is 1. The monoisotopic (exact) mass is 427 g/mol. The van der Waals surface area contributed by atoms with Crippen LogP contribution in [0.5, 0.6) is 0 Å². The molecule has 0 aliphatic carbocycles. The summed E-state index contributed by atoms with van der Waals surface area (Å²) < 4.78 is 2.81. The highest BCUT2D eigenvalue weighted by atomic mass is 32.1. The first-order chi connectivity index (χ1) is 15.3. The molecule has 0 radical (unpaired) electrons. The minimum Gasteiger partial charge on any atom is -0.367 e. The van der Waals surface area contributed by atoms with Gasteiger partial charge >= 0.3 is 0 Å². The Morgan fingerprint density at radius 2 is 1.84 bits per heavy atom. The van der Waals surface area contributed by atoms with Gasteiger partial charge in [0.2, 0.25) is 0 Å². The summed E-state index contributed by atoms with van der Waals surface area (Å²) in [5, 5.41) is 9.89. The number of benzene rings is 1. The van der Waals surface area contributed by atoms with Crippen LogP contribution in [0.15, 0.2) is 78.7 Å². The summed E-state index contributed by atoms with van der Waals surface area (Å²) >= 11 is 1.60. The Labute approximate surface area is 183 Å². The minimum absolute atomic E-state index is 0.0395. The van der Waals surface area contributed by atoms with E-state index in [1.54, 1.807) is 29.9 Å². The van der Waals surface area contributed by atoms with Crippen LogP contribution in [0.4, 0.5) is 5.82 Å². The van der Waals surface area contributed by atoms with E-state index in [2.05, 4.69) is 32.9 Å². The van der Waals surface area contributed by atoms with E-state index in [-0.39, 0.29) is 6.04 Å². The quantitative estimate of drug-likeness (QED) is 0.409. The van der Waals surface area contributed by atoms with Crippen molar-refractivity contribution >= 4 is 27.4 Å². The van der Waals surface area contributed by atoms with Crippen LogP contribution in [-0.2, 0) is 6.42 Å². The van der Waals surface area contributed by atoms with E-state index in [4.69, 9.17) is 15.7 Å². The maximum atomic E-state index is 6.40. The zero-order chi connectivity index (χ0) is 21.0. The number of hydrogen-bond acceptors (Lipinski definition) is 7. The van der Waals surface area contributed by atoms with Gasteiger partial charge in [-0.2, -0.15) is 5.10 Å². The van der Waals surface area contributed by atoms with Crippen molar-refractivity contribution in [2.45, 2.75) is 12.5 Å². The van der Waals surface area contributed by atoms with Gasteiger partial charge < -0.3 is 11.1 Å². The Morgan fingerprint density at radius 1 is 1.00 bits per heavy atom. The van der Waals surface area contributed by atoms with Gasteiger partial charge in [-0.25, -0.2) is 14.6 Å². The summed E-state index contributed by atoms with van der Waals surface area (Å²) in [4.78, 5) is 13.8. The lowest BCUT2D eigenvalue weighted by molar-refractivity contribution is 0.698. The molecule has 0 aliphatic rings. The molecule has 0 aliphatic heterocycles. The van der Waals surface area contributed by atoms with Gasteiger partial charge in [-0.05, 0) is 30.2 Å². The smallest absolute Gasteiger partial charge is 0.162 e. The molecule has 0 amide bonds. The molecule has 5 rings (SSSR count). The highest BCUT2D eigenvalue weighted by molar-refractivity contribution is 7.18.